The van der Waals surface area contributed by atoms with Crippen molar-refractivity contribution >= 4 is 28.7 Å². The van der Waals surface area contributed by atoms with E-state index in [0.29, 0.717) is 37.0 Å². The molecule has 1 saturated heterocycles. The summed E-state index contributed by atoms with van der Waals surface area (Å²) >= 11 is 5.93. The lowest BCUT2D eigenvalue weighted by Gasteiger charge is -2.33. The van der Waals surface area contributed by atoms with Crippen LogP contribution in [-0.4, -0.2) is 50.0 Å². The number of hydrogen-bond acceptors (Lipinski definition) is 5. The number of halogens is 1. The standard InChI is InChI=1S/C19H20ClN5O4/c1-24-17-16(18(27)23-19(24)28)21-14(22-17)6-7-15(26)25-8-9-29-13(10-25)11-2-4-12(20)5-3-11/h2-5,13H,6-10H2,1H3,(H,21,22)(H,23,27,28). The molecule has 4 rings (SSSR count). The molecule has 3 aromatic rings. The Balaban J connectivity index is 1.43. The van der Waals surface area contributed by atoms with Crippen LogP contribution in [0.25, 0.3) is 11.2 Å². The van der Waals surface area contributed by atoms with E-state index in [1.54, 1.807) is 17.0 Å². The van der Waals surface area contributed by atoms with Crippen molar-refractivity contribution in [2.24, 2.45) is 7.05 Å². The van der Waals surface area contributed by atoms with Crippen molar-refractivity contribution in [1.29, 1.82) is 0 Å². The number of aromatic amines is 2. The molecule has 152 valence electrons. The number of aryl methyl sites for hydroxylation is 2. The smallest absolute Gasteiger partial charge is 0.329 e. The molecule has 10 heteroatoms. The maximum absolute atomic E-state index is 12.7. The topological polar surface area (TPSA) is 113 Å². The van der Waals surface area contributed by atoms with E-state index in [4.69, 9.17) is 16.3 Å². The van der Waals surface area contributed by atoms with Crippen molar-refractivity contribution in [1.82, 2.24) is 24.4 Å². The van der Waals surface area contributed by atoms with Crippen LogP contribution < -0.4 is 11.2 Å². The van der Waals surface area contributed by atoms with Gasteiger partial charge in [0.15, 0.2) is 5.65 Å². The van der Waals surface area contributed by atoms with Crippen LogP contribution in [0.3, 0.4) is 0 Å². The third-order valence-corrected chi connectivity index (χ3v) is 5.29. The number of H-pyrrole nitrogens is 2. The molecule has 2 aromatic heterocycles. The molecule has 2 N–H and O–H groups in total. The summed E-state index contributed by atoms with van der Waals surface area (Å²) in [4.78, 5) is 47.5. The first-order valence-corrected chi connectivity index (χ1v) is 9.63. The molecule has 1 fully saturated rings. The SMILES string of the molecule is Cn1c(=O)[nH]c(=O)c2[nH]c(CCC(=O)N3CCOC(c4ccc(Cl)cc4)C3)nc21. The van der Waals surface area contributed by atoms with Gasteiger partial charge in [-0.05, 0) is 17.7 Å². The molecular formula is C19H20ClN5O4. The molecule has 0 bridgehead atoms. The fraction of sp³-hybridized carbons (Fsp3) is 0.368. The number of amides is 1. The summed E-state index contributed by atoms with van der Waals surface area (Å²) < 4.78 is 7.06. The predicted molar refractivity (Wildman–Crippen MR) is 107 cm³/mol. The minimum absolute atomic E-state index is 0.0180. The van der Waals surface area contributed by atoms with E-state index in [0.717, 1.165) is 5.56 Å². The average molecular weight is 418 g/mol. The van der Waals surface area contributed by atoms with E-state index in [9.17, 15) is 14.4 Å². The van der Waals surface area contributed by atoms with Crippen LogP contribution in [0.4, 0.5) is 0 Å². The lowest BCUT2D eigenvalue weighted by molar-refractivity contribution is -0.139. The molecular weight excluding hydrogens is 398 g/mol. The molecule has 0 aliphatic carbocycles. The zero-order valence-electron chi connectivity index (χ0n) is 15.8. The number of morpholine rings is 1. The second-order valence-electron chi connectivity index (χ2n) is 6.95. The minimum atomic E-state index is -0.529. The molecule has 1 aromatic carbocycles. The Kier molecular flexibility index (Phi) is 5.25. The van der Waals surface area contributed by atoms with Gasteiger partial charge in [0.25, 0.3) is 5.56 Å². The highest BCUT2D eigenvalue weighted by Gasteiger charge is 2.25. The van der Waals surface area contributed by atoms with Crippen molar-refractivity contribution in [3.63, 3.8) is 0 Å². The van der Waals surface area contributed by atoms with Gasteiger partial charge in [0.1, 0.15) is 17.4 Å². The lowest BCUT2D eigenvalue weighted by Crippen LogP contribution is -2.42. The number of hydrogen-bond donors (Lipinski definition) is 2. The number of carbonyl (C=O) groups excluding carboxylic acids is 1. The second kappa shape index (κ2) is 7.84. The van der Waals surface area contributed by atoms with Gasteiger partial charge in [0, 0.05) is 31.5 Å². The van der Waals surface area contributed by atoms with Crippen molar-refractivity contribution in [2.45, 2.75) is 18.9 Å². The summed E-state index contributed by atoms with van der Waals surface area (Å²) in [5.74, 6) is 0.470. The summed E-state index contributed by atoms with van der Waals surface area (Å²) in [6.07, 6.45) is 0.382. The molecule has 1 atom stereocenters. The Bertz CT molecular complexity index is 1160. The predicted octanol–water partition coefficient (Wildman–Crippen LogP) is 1.14. The summed E-state index contributed by atoms with van der Waals surface area (Å²) in [5, 5.41) is 0.652. The number of carbonyl (C=O) groups is 1. The van der Waals surface area contributed by atoms with E-state index in [1.807, 2.05) is 12.1 Å². The van der Waals surface area contributed by atoms with Gasteiger partial charge in [-0.15, -0.1) is 0 Å². The zero-order valence-corrected chi connectivity index (χ0v) is 16.5. The summed E-state index contributed by atoms with van der Waals surface area (Å²) in [5.41, 5.74) is 0.425. The molecule has 1 aliphatic heterocycles. The summed E-state index contributed by atoms with van der Waals surface area (Å²) in [6, 6.07) is 7.41. The molecule has 1 unspecified atom stereocenters. The van der Waals surface area contributed by atoms with Crippen LogP contribution >= 0.6 is 11.6 Å². The number of rotatable bonds is 4. The minimum Gasteiger partial charge on any atom is -0.370 e. The normalized spacial score (nSPS) is 17.0. The number of fused-ring (bicyclic) bond motifs is 1. The largest absolute Gasteiger partial charge is 0.370 e. The Morgan fingerprint density at radius 2 is 2.03 bits per heavy atom. The van der Waals surface area contributed by atoms with Gasteiger partial charge in [0.05, 0.1) is 13.2 Å². The van der Waals surface area contributed by atoms with Gasteiger partial charge >= 0.3 is 5.69 Å². The van der Waals surface area contributed by atoms with Crippen molar-refractivity contribution in [2.75, 3.05) is 19.7 Å². The number of ether oxygens (including phenoxy) is 1. The van der Waals surface area contributed by atoms with Gasteiger partial charge in [-0.3, -0.25) is 19.1 Å². The highest BCUT2D eigenvalue weighted by molar-refractivity contribution is 6.30. The molecule has 29 heavy (non-hydrogen) atoms. The molecule has 1 aliphatic rings. The molecule has 0 spiro atoms. The first-order valence-electron chi connectivity index (χ1n) is 9.25. The number of nitrogens with zero attached hydrogens (tertiary/aromatic N) is 3. The Labute approximate surface area is 170 Å². The maximum Gasteiger partial charge on any atom is 0.329 e. The zero-order chi connectivity index (χ0) is 20.5. The Morgan fingerprint density at radius 3 is 2.79 bits per heavy atom. The van der Waals surface area contributed by atoms with Crippen molar-refractivity contribution < 1.29 is 9.53 Å². The first kappa shape index (κ1) is 19.4. The van der Waals surface area contributed by atoms with Gasteiger partial charge in [-0.1, -0.05) is 23.7 Å². The monoisotopic (exact) mass is 417 g/mol. The number of nitrogens with one attached hydrogen (secondary N) is 2. The number of imidazole rings is 1. The van der Waals surface area contributed by atoms with Gasteiger partial charge in [-0.2, -0.15) is 0 Å². The van der Waals surface area contributed by atoms with E-state index < -0.39 is 11.2 Å². The second-order valence-corrected chi connectivity index (χ2v) is 7.39. The third-order valence-electron chi connectivity index (χ3n) is 5.04. The van der Waals surface area contributed by atoms with Crippen LogP contribution in [0.5, 0.6) is 0 Å². The number of aromatic nitrogens is 4. The molecule has 3 heterocycles. The highest BCUT2D eigenvalue weighted by Crippen LogP contribution is 2.24. The summed E-state index contributed by atoms with van der Waals surface area (Å²) in [6.45, 7) is 1.45. The van der Waals surface area contributed by atoms with Crippen LogP contribution in [0, 0.1) is 0 Å². The molecule has 1 amide bonds. The van der Waals surface area contributed by atoms with E-state index in [1.165, 1.54) is 11.6 Å². The maximum atomic E-state index is 12.7. The highest BCUT2D eigenvalue weighted by atomic mass is 35.5. The van der Waals surface area contributed by atoms with Crippen LogP contribution in [-0.2, 0) is 23.0 Å². The van der Waals surface area contributed by atoms with Crippen molar-refractivity contribution in [3.8, 4) is 0 Å². The fourth-order valence-corrected chi connectivity index (χ4v) is 3.54. The van der Waals surface area contributed by atoms with Gasteiger partial charge < -0.3 is 14.6 Å². The Hall–Kier alpha value is -2.91. The van der Waals surface area contributed by atoms with Gasteiger partial charge in [-0.25, -0.2) is 9.78 Å². The molecule has 9 nitrogen and oxygen atoms in total. The summed E-state index contributed by atoms with van der Waals surface area (Å²) in [7, 11) is 1.53. The quantitative estimate of drug-likeness (QED) is 0.660. The first-order chi connectivity index (χ1) is 13.9. The Morgan fingerprint density at radius 1 is 1.28 bits per heavy atom. The van der Waals surface area contributed by atoms with E-state index >= 15 is 0 Å². The molecule has 0 saturated carbocycles. The fourth-order valence-electron chi connectivity index (χ4n) is 3.41. The van der Waals surface area contributed by atoms with Crippen molar-refractivity contribution in [3.05, 3.63) is 61.5 Å². The lowest BCUT2D eigenvalue weighted by atomic mass is 10.1. The average Bonchev–Trinajstić information content (AvgIpc) is 3.16. The van der Waals surface area contributed by atoms with Gasteiger partial charge in [0.2, 0.25) is 5.91 Å². The molecule has 0 radical (unpaired) electrons. The number of benzene rings is 1. The van der Waals surface area contributed by atoms with E-state index in [2.05, 4.69) is 15.0 Å². The van der Waals surface area contributed by atoms with Crippen LogP contribution in [0.15, 0.2) is 33.9 Å². The van der Waals surface area contributed by atoms with E-state index in [-0.39, 0.29) is 29.6 Å². The third kappa shape index (κ3) is 3.96. The van der Waals surface area contributed by atoms with Crippen LogP contribution in [0.1, 0.15) is 23.9 Å². The van der Waals surface area contributed by atoms with Crippen LogP contribution in [0.2, 0.25) is 5.02 Å².